The fourth-order valence-electron chi connectivity index (χ4n) is 1.73. The number of carbonyl (C=O) groups is 1. The molecule has 0 aromatic heterocycles. The monoisotopic (exact) mass is 214 g/mol. The molecule has 0 radical (unpaired) electrons. The van der Waals surface area contributed by atoms with E-state index in [4.69, 9.17) is 0 Å². The highest BCUT2D eigenvalue weighted by atomic mass is 16.1. The van der Waals surface area contributed by atoms with Gasteiger partial charge in [-0.05, 0) is 31.6 Å². The van der Waals surface area contributed by atoms with Crippen molar-refractivity contribution in [3.63, 3.8) is 0 Å². The zero-order valence-electron chi connectivity index (χ0n) is 11.4. The first-order valence-electron chi connectivity index (χ1n) is 6.73. The van der Waals surface area contributed by atoms with Gasteiger partial charge in [0.2, 0.25) is 0 Å². The lowest BCUT2D eigenvalue weighted by atomic mass is 9.82. The Morgan fingerprint density at radius 2 is 1.40 bits per heavy atom. The van der Waals surface area contributed by atoms with Gasteiger partial charge in [-0.3, -0.25) is 0 Å². The van der Waals surface area contributed by atoms with Crippen LogP contribution in [-0.2, 0) is 4.79 Å². The molecule has 0 atom stereocenters. The Balaban J connectivity index is 0. The van der Waals surface area contributed by atoms with E-state index in [2.05, 4.69) is 20.8 Å². The minimum absolute atomic E-state index is 0.391. The molecule has 0 aliphatic heterocycles. The molecule has 1 heteroatoms. The average molecular weight is 214 g/mol. The molecule has 1 aliphatic rings. The molecule has 1 saturated carbocycles. The van der Waals surface area contributed by atoms with Gasteiger partial charge in [-0.25, -0.2) is 0 Å². The van der Waals surface area contributed by atoms with Crippen LogP contribution in [-0.4, -0.2) is 6.29 Å². The molecule has 0 amide bonds. The molecular weight excluding hydrogens is 184 g/mol. The maximum Gasteiger partial charge on any atom is 0.123 e. The van der Waals surface area contributed by atoms with Gasteiger partial charge in [0.25, 0.3) is 0 Å². The van der Waals surface area contributed by atoms with Crippen LogP contribution in [0.4, 0.5) is 0 Å². The second-order valence-electron chi connectivity index (χ2n) is 4.03. The minimum atomic E-state index is 0.391. The van der Waals surface area contributed by atoms with Gasteiger partial charge in [0, 0.05) is 5.92 Å². The Kier molecular flexibility index (Phi) is 15.6. The third-order valence-electron chi connectivity index (χ3n) is 2.66. The number of carbonyl (C=O) groups excluding carboxylic acids is 1. The molecule has 0 heterocycles. The van der Waals surface area contributed by atoms with Gasteiger partial charge in [0.1, 0.15) is 6.29 Å². The summed E-state index contributed by atoms with van der Waals surface area (Å²) in [5.74, 6) is 1.30. The first kappa shape index (κ1) is 17.1. The Morgan fingerprint density at radius 1 is 1.00 bits per heavy atom. The Labute approximate surface area is 96.7 Å². The molecule has 1 nitrogen and oxygen atoms in total. The first-order chi connectivity index (χ1) is 7.28. The van der Waals surface area contributed by atoms with E-state index in [1.807, 2.05) is 13.8 Å². The first-order valence-corrected chi connectivity index (χ1v) is 6.73. The van der Waals surface area contributed by atoms with Crippen LogP contribution in [0.25, 0.3) is 0 Å². The van der Waals surface area contributed by atoms with E-state index in [1.165, 1.54) is 25.7 Å². The highest BCUT2D eigenvalue weighted by molar-refractivity contribution is 5.53. The molecule has 92 valence electrons. The Hall–Kier alpha value is -0.330. The van der Waals surface area contributed by atoms with Crippen molar-refractivity contribution >= 4 is 6.29 Å². The van der Waals surface area contributed by atoms with E-state index in [1.54, 1.807) is 0 Å². The summed E-state index contributed by atoms with van der Waals surface area (Å²) in [6, 6.07) is 0. The lowest BCUT2D eigenvalue weighted by Gasteiger charge is -2.23. The summed E-state index contributed by atoms with van der Waals surface area (Å²) in [5, 5.41) is 0. The van der Waals surface area contributed by atoms with Crippen LogP contribution in [0.15, 0.2) is 0 Å². The molecule has 0 aromatic carbocycles. The van der Waals surface area contributed by atoms with E-state index in [9.17, 15) is 4.79 Å². The molecule has 0 bridgehead atoms. The van der Waals surface area contributed by atoms with Crippen molar-refractivity contribution in [2.45, 2.75) is 73.1 Å². The molecule has 1 fully saturated rings. The molecule has 0 N–H and O–H groups in total. The molecular formula is C14H30O. The van der Waals surface area contributed by atoms with E-state index in [-0.39, 0.29) is 0 Å². The van der Waals surface area contributed by atoms with E-state index in [0.717, 1.165) is 25.0 Å². The fraction of sp³-hybridized carbons (Fsp3) is 0.929. The summed E-state index contributed by atoms with van der Waals surface area (Å²) in [6.07, 6.45) is 8.52. The average Bonchev–Trinajstić information content (AvgIpc) is 2.33. The predicted octanol–water partition coefficient (Wildman–Crippen LogP) is 4.84. The highest BCUT2D eigenvalue weighted by Gasteiger charge is 2.18. The van der Waals surface area contributed by atoms with Crippen LogP contribution >= 0.6 is 0 Å². The molecule has 0 aromatic rings. The third kappa shape index (κ3) is 9.96. The minimum Gasteiger partial charge on any atom is -0.303 e. The molecule has 15 heavy (non-hydrogen) atoms. The second-order valence-corrected chi connectivity index (χ2v) is 4.03. The van der Waals surface area contributed by atoms with Crippen molar-refractivity contribution in [2.75, 3.05) is 0 Å². The molecule has 0 unspecified atom stereocenters. The van der Waals surface area contributed by atoms with Crippen molar-refractivity contribution in [2.24, 2.45) is 11.8 Å². The van der Waals surface area contributed by atoms with Gasteiger partial charge in [-0.2, -0.15) is 0 Å². The van der Waals surface area contributed by atoms with Crippen LogP contribution in [0, 0.1) is 11.8 Å². The van der Waals surface area contributed by atoms with Crippen LogP contribution in [0.3, 0.4) is 0 Å². The summed E-state index contributed by atoms with van der Waals surface area (Å²) in [7, 11) is 0. The predicted molar refractivity (Wildman–Crippen MR) is 69.1 cm³/mol. The zero-order chi connectivity index (χ0) is 12.1. The van der Waals surface area contributed by atoms with Crippen LogP contribution < -0.4 is 0 Å². The number of rotatable bonds is 2. The topological polar surface area (TPSA) is 17.1 Å². The Morgan fingerprint density at radius 3 is 1.67 bits per heavy atom. The molecule has 1 rings (SSSR count). The standard InChI is InChI=1S/C9H16O.C3H8.C2H6/c1-2-8-3-5-9(7-10)6-4-8;1-3-2;1-2/h7-9H,2-6H2,1H3;3H2,1-2H3;1-2H3. The summed E-state index contributed by atoms with van der Waals surface area (Å²) < 4.78 is 0. The highest BCUT2D eigenvalue weighted by Crippen LogP contribution is 2.29. The summed E-state index contributed by atoms with van der Waals surface area (Å²) in [6.45, 7) is 10.5. The molecule has 0 saturated heterocycles. The lowest BCUT2D eigenvalue weighted by molar-refractivity contribution is -0.112. The van der Waals surface area contributed by atoms with Gasteiger partial charge < -0.3 is 4.79 Å². The third-order valence-corrected chi connectivity index (χ3v) is 2.66. The van der Waals surface area contributed by atoms with Crippen molar-refractivity contribution in [1.29, 1.82) is 0 Å². The second kappa shape index (κ2) is 13.7. The fourth-order valence-corrected chi connectivity index (χ4v) is 1.73. The number of aldehydes is 1. The van der Waals surface area contributed by atoms with E-state index >= 15 is 0 Å². The molecule has 1 aliphatic carbocycles. The maximum absolute atomic E-state index is 10.4. The SMILES string of the molecule is CC.CCC.CCC1CCC(C=O)CC1. The number of hydrogen-bond donors (Lipinski definition) is 0. The van der Waals surface area contributed by atoms with Gasteiger partial charge in [-0.15, -0.1) is 0 Å². The normalized spacial score (nSPS) is 24.1. The summed E-state index contributed by atoms with van der Waals surface area (Å²) >= 11 is 0. The van der Waals surface area contributed by atoms with Crippen molar-refractivity contribution in [3.8, 4) is 0 Å². The number of hydrogen-bond acceptors (Lipinski definition) is 1. The van der Waals surface area contributed by atoms with Crippen LogP contribution in [0.1, 0.15) is 73.1 Å². The zero-order valence-corrected chi connectivity index (χ0v) is 11.4. The summed E-state index contributed by atoms with van der Waals surface area (Å²) in [4.78, 5) is 10.4. The maximum atomic E-state index is 10.4. The largest absolute Gasteiger partial charge is 0.303 e. The smallest absolute Gasteiger partial charge is 0.123 e. The van der Waals surface area contributed by atoms with E-state index in [0.29, 0.717) is 5.92 Å². The van der Waals surface area contributed by atoms with Crippen LogP contribution in [0.5, 0.6) is 0 Å². The van der Waals surface area contributed by atoms with Crippen LogP contribution in [0.2, 0.25) is 0 Å². The Bertz CT molecular complexity index is 113. The van der Waals surface area contributed by atoms with Crippen molar-refractivity contribution in [3.05, 3.63) is 0 Å². The molecule has 0 spiro atoms. The van der Waals surface area contributed by atoms with Gasteiger partial charge in [0.15, 0.2) is 0 Å². The van der Waals surface area contributed by atoms with E-state index < -0.39 is 0 Å². The van der Waals surface area contributed by atoms with Gasteiger partial charge >= 0.3 is 0 Å². The quantitative estimate of drug-likeness (QED) is 0.601. The van der Waals surface area contributed by atoms with Crippen molar-refractivity contribution in [1.82, 2.24) is 0 Å². The lowest BCUT2D eigenvalue weighted by Crippen LogP contribution is -2.14. The van der Waals surface area contributed by atoms with Gasteiger partial charge in [-0.1, -0.05) is 47.5 Å². The van der Waals surface area contributed by atoms with Crippen molar-refractivity contribution < 1.29 is 4.79 Å². The summed E-state index contributed by atoms with van der Waals surface area (Å²) in [5.41, 5.74) is 0. The van der Waals surface area contributed by atoms with Gasteiger partial charge in [0.05, 0.1) is 0 Å².